The predicted molar refractivity (Wildman–Crippen MR) is 65.1 cm³/mol. The van der Waals surface area contributed by atoms with Gasteiger partial charge in [0, 0.05) is 25.3 Å². The molecule has 18 heavy (non-hydrogen) atoms. The molecule has 0 radical (unpaired) electrons. The fourth-order valence-corrected chi connectivity index (χ4v) is 1.38. The third-order valence-corrected chi connectivity index (χ3v) is 2.39. The van der Waals surface area contributed by atoms with Crippen LogP contribution in [0.15, 0.2) is 12.1 Å². The topological polar surface area (TPSA) is 21.3 Å². The highest BCUT2D eigenvalue weighted by Crippen LogP contribution is 2.19. The quantitative estimate of drug-likeness (QED) is 0.757. The van der Waals surface area contributed by atoms with Gasteiger partial charge in [0.05, 0.1) is 6.61 Å². The Morgan fingerprint density at radius 3 is 2.28 bits per heavy atom. The zero-order chi connectivity index (χ0) is 13.5. The van der Waals surface area contributed by atoms with Gasteiger partial charge in [-0.15, -0.1) is 0 Å². The van der Waals surface area contributed by atoms with Gasteiger partial charge in [-0.25, -0.2) is 13.2 Å². The van der Waals surface area contributed by atoms with Crippen LogP contribution in [0.25, 0.3) is 0 Å². The number of nitrogens with one attached hydrogen (secondary N) is 1. The van der Waals surface area contributed by atoms with Gasteiger partial charge in [-0.05, 0) is 12.3 Å². The van der Waals surface area contributed by atoms with E-state index in [1.54, 1.807) is 0 Å². The zero-order valence-electron chi connectivity index (χ0n) is 10.6. The summed E-state index contributed by atoms with van der Waals surface area (Å²) in [5.41, 5.74) is -0.316. The van der Waals surface area contributed by atoms with Crippen molar-refractivity contribution in [2.24, 2.45) is 5.92 Å². The first kappa shape index (κ1) is 14.8. The molecule has 0 atom stereocenters. The maximum absolute atomic E-state index is 13.2. The van der Waals surface area contributed by atoms with Crippen LogP contribution in [0.3, 0.4) is 0 Å². The number of hydrogen-bond donors (Lipinski definition) is 1. The molecule has 0 spiro atoms. The highest BCUT2D eigenvalue weighted by atomic mass is 19.1. The van der Waals surface area contributed by atoms with Gasteiger partial charge in [0.1, 0.15) is 11.5 Å². The van der Waals surface area contributed by atoms with Gasteiger partial charge in [0.25, 0.3) is 0 Å². The minimum atomic E-state index is -0.935. The van der Waals surface area contributed by atoms with Gasteiger partial charge in [0.2, 0.25) is 0 Å². The fourth-order valence-electron chi connectivity index (χ4n) is 1.38. The van der Waals surface area contributed by atoms with E-state index in [2.05, 4.69) is 19.2 Å². The van der Waals surface area contributed by atoms with Crippen LogP contribution in [-0.4, -0.2) is 19.8 Å². The Labute approximate surface area is 105 Å². The Hall–Kier alpha value is -1.23. The summed E-state index contributed by atoms with van der Waals surface area (Å²) in [6.07, 6.45) is 0.944. The third kappa shape index (κ3) is 4.96. The average molecular weight is 261 g/mol. The number of ether oxygens (including phenoxy) is 1. The lowest BCUT2D eigenvalue weighted by Crippen LogP contribution is -2.13. The number of halogens is 3. The van der Waals surface area contributed by atoms with Crippen LogP contribution in [0.2, 0.25) is 0 Å². The number of rotatable bonds is 7. The van der Waals surface area contributed by atoms with Gasteiger partial charge in [-0.3, -0.25) is 0 Å². The molecule has 1 rings (SSSR count). The van der Waals surface area contributed by atoms with E-state index in [9.17, 15) is 13.2 Å². The Morgan fingerprint density at radius 1 is 1.11 bits per heavy atom. The molecule has 1 aromatic rings. The highest BCUT2D eigenvalue weighted by molar-refractivity contribution is 5.46. The molecule has 0 unspecified atom stereocenters. The second kappa shape index (κ2) is 7.26. The second-order valence-electron chi connectivity index (χ2n) is 4.47. The minimum absolute atomic E-state index is 0.275. The summed E-state index contributed by atoms with van der Waals surface area (Å²) >= 11 is 0. The molecule has 0 saturated carbocycles. The van der Waals surface area contributed by atoms with Gasteiger partial charge in [0.15, 0.2) is 11.6 Å². The highest BCUT2D eigenvalue weighted by Gasteiger charge is 2.10. The fraction of sp³-hybridized carbons (Fsp3) is 0.538. The molecule has 0 aliphatic rings. The van der Waals surface area contributed by atoms with Crippen molar-refractivity contribution in [2.75, 3.05) is 25.1 Å². The van der Waals surface area contributed by atoms with E-state index in [4.69, 9.17) is 4.74 Å². The SMILES string of the molecule is CC(C)CCOCCNc1c(F)cc(F)cc1F. The third-order valence-electron chi connectivity index (χ3n) is 2.39. The van der Waals surface area contributed by atoms with E-state index in [1.165, 1.54) is 0 Å². The molecule has 102 valence electrons. The van der Waals surface area contributed by atoms with Gasteiger partial charge < -0.3 is 10.1 Å². The number of benzene rings is 1. The Bertz CT molecular complexity index is 359. The normalized spacial score (nSPS) is 11.0. The Balaban J connectivity index is 2.31. The maximum Gasteiger partial charge on any atom is 0.152 e. The van der Waals surface area contributed by atoms with Crippen molar-refractivity contribution in [3.63, 3.8) is 0 Å². The lowest BCUT2D eigenvalue weighted by atomic mass is 10.1. The van der Waals surface area contributed by atoms with Crippen molar-refractivity contribution in [1.82, 2.24) is 0 Å². The Morgan fingerprint density at radius 2 is 1.72 bits per heavy atom. The first-order valence-corrected chi connectivity index (χ1v) is 5.97. The molecule has 0 bridgehead atoms. The molecule has 0 saturated heterocycles. The molecular weight excluding hydrogens is 243 g/mol. The molecule has 0 amide bonds. The van der Waals surface area contributed by atoms with Crippen molar-refractivity contribution in [1.29, 1.82) is 0 Å². The number of hydrogen-bond acceptors (Lipinski definition) is 2. The molecule has 0 aromatic heterocycles. The molecule has 1 aromatic carbocycles. The van der Waals surface area contributed by atoms with Crippen molar-refractivity contribution in [3.05, 3.63) is 29.6 Å². The number of anilines is 1. The van der Waals surface area contributed by atoms with Crippen LogP contribution in [0, 0.1) is 23.4 Å². The van der Waals surface area contributed by atoms with Crippen molar-refractivity contribution < 1.29 is 17.9 Å². The van der Waals surface area contributed by atoms with Crippen LogP contribution in [0.5, 0.6) is 0 Å². The lowest BCUT2D eigenvalue weighted by molar-refractivity contribution is 0.132. The summed E-state index contributed by atoms with van der Waals surface area (Å²) in [7, 11) is 0. The largest absolute Gasteiger partial charge is 0.380 e. The second-order valence-corrected chi connectivity index (χ2v) is 4.47. The summed E-state index contributed by atoms with van der Waals surface area (Å²) in [5.74, 6) is -2.24. The zero-order valence-corrected chi connectivity index (χ0v) is 10.6. The van der Waals surface area contributed by atoms with Crippen LogP contribution in [0.4, 0.5) is 18.9 Å². The standard InChI is InChI=1S/C13H18F3NO/c1-9(2)3-5-18-6-4-17-13-11(15)7-10(14)8-12(13)16/h7-9,17H,3-6H2,1-2H3. The molecule has 0 fully saturated rings. The van der Waals surface area contributed by atoms with Crippen LogP contribution in [0.1, 0.15) is 20.3 Å². The molecule has 0 aliphatic heterocycles. The monoisotopic (exact) mass is 261 g/mol. The van der Waals surface area contributed by atoms with Crippen molar-refractivity contribution in [2.45, 2.75) is 20.3 Å². The summed E-state index contributed by atoms with van der Waals surface area (Å²) in [5, 5.41) is 2.55. The average Bonchev–Trinajstić information content (AvgIpc) is 2.25. The van der Waals surface area contributed by atoms with Gasteiger partial charge in [-0.1, -0.05) is 13.8 Å². The van der Waals surface area contributed by atoms with Crippen LogP contribution in [-0.2, 0) is 4.74 Å². The lowest BCUT2D eigenvalue weighted by Gasteiger charge is -2.10. The summed E-state index contributed by atoms with van der Waals surface area (Å²) < 4.78 is 44.3. The van der Waals surface area contributed by atoms with Crippen molar-refractivity contribution in [3.8, 4) is 0 Å². The van der Waals surface area contributed by atoms with E-state index in [0.29, 0.717) is 31.3 Å². The molecular formula is C13H18F3NO. The van der Waals surface area contributed by atoms with Crippen molar-refractivity contribution >= 4 is 5.69 Å². The van der Waals surface area contributed by atoms with Crippen LogP contribution < -0.4 is 5.32 Å². The van der Waals surface area contributed by atoms with E-state index in [1.807, 2.05) is 0 Å². The molecule has 2 nitrogen and oxygen atoms in total. The van der Waals surface area contributed by atoms with E-state index in [-0.39, 0.29) is 12.2 Å². The molecule has 0 heterocycles. The van der Waals surface area contributed by atoms with E-state index in [0.717, 1.165) is 6.42 Å². The first-order valence-electron chi connectivity index (χ1n) is 5.97. The first-order chi connectivity index (χ1) is 8.50. The smallest absolute Gasteiger partial charge is 0.152 e. The minimum Gasteiger partial charge on any atom is -0.380 e. The predicted octanol–water partition coefficient (Wildman–Crippen LogP) is 3.58. The summed E-state index contributed by atoms with van der Waals surface area (Å²) in [6.45, 7) is 5.42. The van der Waals surface area contributed by atoms with Gasteiger partial charge >= 0.3 is 0 Å². The summed E-state index contributed by atoms with van der Waals surface area (Å²) in [6, 6.07) is 1.29. The van der Waals surface area contributed by atoms with E-state index >= 15 is 0 Å². The van der Waals surface area contributed by atoms with Crippen LogP contribution >= 0.6 is 0 Å². The van der Waals surface area contributed by atoms with Gasteiger partial charge in [-0.2, -0.15) is 0 Å². The maximum atomic E-state index is 13.2. The van der Waals surface area contributed by atoms with E-state index < -0.39 is 17.5 Å². The molecule has 0 aliphatic carbocycles. The molecule has 5 heteroatoms. The summed E-state index contributed by atoms with van der Waals surface area (Å²) in [4.78, 5) is 0. The molecule has 1 N–H and O–H groups in total. The Kier molecular flexibility index (Phi) is 5.98.